The van der Waals surface area contributed by atoms with E-state index in [4.69, 9.17) is 10.5 Å². The van der Waals surface area contributed by atoms with E-state index in [0.29, 0.717) is 10.6 Å². The average Bonchev–Trinajstić information content (AvgIpc) is 2.91. The van der Waals surface area contributed by atoms with Crippen LogP contribution >= 0.6 is 11.3 Å². The van der Waals surface area contributed by atoms with Crippen molar-refractivity contribution in [1.29, 1.82) is 0 Å². The molecule has 0 unspecified atom stereocenters. The van der Waals surface area contributed by atoms with Crippen LogP contribution in [0, 0.1) is 6.92 Å². The maximum atomic E-state index is 12.3. The Hall–Kier alpha value is -2.18. The zero-order valence-corrected chi connectivity index (χ0v) is 13.3. The molecule has 0 spiro atoms. The molecule has 0 aliphatic carbocycles. The molecule has 0 atom stereocenters. The first kappa shape index (κ1) is 16.2. The summed E-state index contributed by atoms with van der Waals surface area (Å²) in [7, 11) is 0. The number of anilines is 1. The third kappa shape index (κ3) is 3.52. The van der Waals surface area contributed by atoms with Crippen LogP contribution in [0.3, 0.4) is 0 Å². The van der Waals surface area contributed by atoms with Crippen LogP contribution in [0.5, 0.6) is 0 Å². The van der Waals surface area contributed by atoms with Crippen LogP contribution in [-0.4, -0.2) is 25.0 Å². The minimum absolute atomic E-state index is 0.139. The summed E-state index contributed by atoms with van der Waals surface area (Å²) in [6.45, 7) is 3.87. The van der Waals surface area contributed by atoms with Gasteiger partial charge in [-0.15, -0.1) is 11.3 Å². The predicted molar refractivity (Wildman–Crippen MR) is 88.1 cm³/mol. The van der Waals surface area contributed by atoms with Crippen LogP contribution in [0.1, 0.15) is 22.8 Å². The van der Waals surface area contributed by atoms with Crippen LogP contribution in [0.15, 0.2) is 29.6 Å². The van der Waals surface area contributed by atoms with Gasteiger partial charge in [0.25, 0.3) is 0 Å². The molecule has 6 heteroatoms. The van der Waals surface area contributed by atoms with Gasteiger partial charge in [-0.3, -0.25) is 4.79 Å². The molecule has 0 radical (unpaired) electrons. The Kier molecular flexibility index (Phi) is 5.30. The molecule has 1 aromatic carbocycles. The fourth-order valence-corrected chi connectivity index (χ4v) is 2.95. The molecule has 2 rings (SSSR count). The standard InChI is InChI=1S/C16H18N2O3S/c1-3-21-16(20)14-12(11-6-4-10(2)5-7-11)9-22-15(14)18-13(19)8-17/h4-7,9H,3,8,17H2,1-2H3,(H,18,19). The van der Waals surface area contributed by atoms with Crippen molar-refractivity contribution in [3.63, 3.8) is 0 Å². The van der Waals surface area contributed by atoms with Gasteiger partial charge < -0.3 is 15.8 Å². The van der Waals surface area contributed by atoms with Gasteiger partial charge in [-0.25, -0.2) is 4.79 Å². The van der Waals surface area contributed by atoms with Gasteiger partial charge in [-0.05, 0) is 19.4 Å². The summed E-state index contributed by atoms with van der Waals surface area (Å²) in [6, 6.07) is 7.82. The Morgan fingerprint density at radius 2 is 1.95 bits per heavy atom. The summed E-state index contributed by atoms with van der Waals surface area (Å²) >= 11 is 1.28. The lowest BCUT2D eigenvalue weighted by atomic mass is 10.0. The van der Waals surface area contributed by atoms with Crippen molar-refractivity contribution in [2.75, 3.05) is 18.5 Å². The van der Waals surface area contributed by atoms with Crippen LogP contribution in [0.4, 0.5) is 5.00 Å². The Balaban J connectivity index is 2.47. The van der Waals surface area contributed by atoms with Gasteiger partial charge in [0, 0.05) is 10.9 Å². The number of hydrogen-bond donors (Lipinski definition) is 2. The molecule has 0 saturated heterocycles. The molecule has 0 aliphatic heterocycles. The van der Waals surface area contributed by atoms with E-state index in [-0.39, 0.29) is 19.1 Å². The maximum absolute atomic E-state index is 12.3. The highest BCUT2D eigenvalue weighted by Gasteiger charge is 2.22. The number of rotatable bonds is 5. The topological polar surface area (TPSA) is 81.4 Å². The van der Waals surface area contributed by atoms with Gasteiger partial charge >= 0.3 is 5.97 Å². The molecule has 3 N–H and O–H groups in total. The van der Waals surface area contributed by atoms with Crippen molar-refractivity contribution in [2.45, 2.75) is 13.8 Å². The molecule has 0 saturated carbocycles. The van der Waals surface area contributed by atoms with Crippen molar-refractivity contribution in [2.24, 2.45) is 5.73 Å². The normalized spacial score (nSPS) is 10.3. The SMILES string of the molecule is CCOC(=O)c1c(-c2ccc(C)cc2)csc1NC(=O)CN. The number of benzene rings is 1. The monoisotopic (exact) mass is 318 g/mol. The smallest absolute Gasteiger partial charge is 0.341 e. The van der Waals surface area contributed by atoms with Crippen LogP contribution in [-0.2, 0) is 9.53 Å². The number of nitrogens with two attached hydrogens (primary N) is 1. The van der Waals surface area contributed by atoms with Gasteiger partial charge in [-0.1, -0.05) is 29.8 Å². The third-order valence-corrected chi connectivity index (χ3v) is 3.97. The summed E-state index contributed by atoms with van der Waals surface area (Å²) in [5, 5.41) is 4.95. The molecular formula is C16H18N2O3S. The zero-order chi connectivity index (χ0) is 16.1. The highest BCUT2D eigenvalue weighted by Crippen LogP contribution is 2.36. The lowest BCUT2D eigenvalue weighted by Gasteiger charge is -2.08. The van der Waals surface area contributed by atoms with E-state index in [2.05, 4.69) is 5.32 Å². The van der Waals surface area contributed by atoms with E-state index >= 15 is 0 Å². The molecule has 1 heterocycles. The average molecular weight is 318 g/mol. The predicted octanol–water partition coefficient (Wildman–Crippen LogP) is 2.80. The van der Waals surface area contributed by atoms with Gasteiger partial charge in [-0.2, -0.15) is 0 Å². The van der Waals surface area contributed by atoms with Crippen molar-refractivity contribution in [1.82, 2.24) is 0 Å². The number of aryl methyl sites for hydroxylation is 1. The third-order valence-electron chi connectivity index (χ3n) is 3.07. The quantitative estimate of drug-likeness (QED) is 0.831. The van der Waals surface area contributed by atoms with Crippen molar-refractivity contribution < 1.29 is 14.3 Å². The molecule has 1 aromatic heterocycles. The van der Waals surface area contributed by atoms with Crippen molar-refractivity contribution >= 4 is 28.2 Å². The van der Waals surface area contributed by atoms with E-state index in [0.717, 1.165) is 16.7 Å². The van der Waals surface area contributed by atoms with Gasteiger partial charge in [0.15, 0.2) is 0 Å². The molecule has 0 fully saturated rings. The van der Waals surface area contributed by atoms with Gasteiger partial charge in [0.2, 0.25) is 5.91 Å². The number of amides is 1. The second kappa shape index (κ2) is 7.20. The Morgan fingerprint density at radius 1 is 1.27 bits per heavy atom. The molecule has 116 valence electrons. The van der Waals surface area contributed by atoms with E-state index in [1.807, 2.05) is 36.6 Å². The highest BCUT2D eigenvalue weighted by molar-refractivity contribution is 7.15. The summed E-state index contributed by atoms with van der Waals surface area (Å²) in [4.78, 5) is 23.8. The molecule has 5 nitrogen and oxygen atoms in total. The number of esters is 1. The van der Waals surface area contributed by atoms with E-state index in [1.165, 1.54) is 11.3 Å². The molecule has 0 bridgehead atoms. The maximum Gasteiger partial charge on any atom is 0.341 e. The number of carbonyl (C=O) groups is 2. The minimum atomic E-state index is -0.452. The molecular weight excluding hydrogens is 300 g/mol. The fraction of sp³-hybridized carbons (Fsp3) is 0.250. The van der Waals surface area contributed by atoms with E-state index in [1.54, 1.807) is 6.92 Å². The van der Waals surface area contributed by atoms with E-state index in [9.17, 15) is 9.59 Å². The second-order valence-electron chi connectivity index (χ2n) is 4.69. The number of thiophene rings is 1. The molecule has 0 aliphatic rings. The van der Waals surface area contributed by atoms with Crippen LogP contribution in [0.25, 0.3) is 11.1 Å². The summed E-state index contributed by atoms with van der Waals surface area (Å²) in [5.74, 6) is -0.797. The fourth-order valence-electron chi connectivity index (χ4n) is 1.98. The number of ether oxygens (including phenoxy) is 1. The number of nitrogens with one attached hydrogen (secondary N) is 1. The molecule has 1 amide bonds. The second-order valence-corrected chi connectivity index (χ2v) is 5.57. The number of hydrogen-bond acceptors (Lipinski definition) is 5. The first-order valence-electron chi connectivity index (χ1n) is 6.92. The van der Waals surface area contributed by atoms with E-state index < -0.39 is 5.97 Å². The lowest BCUT2D eigenvalue weighted by molar-refractivity contribution is -0.114. The highest BCUT2D eigenvalue weighted by atomic mass is 32.1. The number of carbonyl (C=O) groups excluding carboxylic acids is 2. The Labute approximate surface area is 133 Å². The Morgan fingerprint density at radius 3 is 2.55 bits per heavy atom. The zero-order valence-electron chi connectivity index (χ0n) is 12.5. The minimum Gasteiger partial charge on any atom is -0.462 e. The summed E-state index contributed by atoms with van der Waals surface area (Å²) in [6.07, 6.45) is 0. The lowest BCUT2D eigenvalue weighted by Crippen LogP contribution is -2.22. The molecule has 2 aromatic rings. The van der Waals surface area contributed by atoms with Crippen molar-refractivity contribution in [3.8, 4) is 11.1 Å². The van der Waals surface area contributed by atoms with Crippen LogP contribution in [0.2, 0.25) is 0 Å². The molecule has 22 heavy (non-hydrogen) atoms. The van der Waals surface area contributed by atoms with Crippen molar-refractivity contribution in [3.05, 3.63) is 40.8 Å². The van der Waals surface area contributed by atoms with Crippen LogP contribution < -0.4 is 11.1 Å². The summed E-state index contributed by atoms with van der Waals surface area (Å²) in [5.41, 5.74) is 8.47. The first-order chi connectivity index (χ1) is 10.6. The van der Waals surface area contributed by atoms with Gasteiger partial charge in [0.1, 0.15) is 10.6 Å². The van der Waals surface area contributed by atoms with Gasteiger partial charge in [0.05, 0.1) is 13.2 Å². The Bertz CT molecular complexity index is 677. The summed E-state index contributed by atoms with van der Waals surface area (Å²) < 4.78 is 5.11. The largest absolute Gasteiger partial charge is 0.462 e. The first-order valence-corrected chi connectivity index (χ1v) is 7.80.